The van der Waals surface area contributed by atoms with Crippen LogP contribution in [0.25, 0.3) is 0 Å². The Morgan fingerprint density at radius 3 is 1.71 bits per heavy atom. The molecule has 0 spiro atoms. The highest BCUT2D eigenvalue weighted by Gasteiger charge is 2.40. The molecule has 2 heterocycles. The van der Waals surface area contributed by atoms with Gasteiger partial charge in [-0.2, -0.15) is 26.3 Å². The molecule has 3 rings (SSSR count). The molecule has 1 unspecified atom stereocenters. The van der Waals surface area contributed by atoms with E-state index in [0.29, 0.717) is 18.7 Å². The van der Waals surface area contributed by atoms with Gasteiger partial charge in [0.15, 0.2) is 0 Å². The Morgan fingerprint density at radius 2 is 1.43 bits per heavy atom. The molecule has 6 nitrogen and oxygen atoms in total. The maximum absolute atomic E-state index is 12.7. The molecule has 28 heavy (non-hydrogen) atoms. The summed E-state index contributed by atoms with van der Waals surface area (Å²) < 4.78 is 85.5. The monoisotopic (exact) mass is 414 g/mol. The summed E-state index contributed by atoms with van der Waals surface area (Å²) in [6, 6.07) is 0.598. The fourth-order valence-corrected chi connectivity index (χ4v) is 2.50. The van der Waals surface area contributed by atoms with Crippen LogP contribution in [0, 0.1) is 0 Å². The average Bonchev–Trinajstić information content (AvgIpc) is 3.09. The van der Waals surface area contributed by atoms with Gasteiger partial charge in [-0.1, -0.05) is 0 Å². The van der Waals surface area contributed by atoms with Gasteiger partial charge in [0.2, 0.25) is 0 Å². The lowest BCUT2D eigenvalue weighted by atomic mass is 9.98. The van der Waals surface area contributed by atoms with E-state index in [2.05, 4.69) is 15.4 Å². The van der Waals surface area contributed by atoms with E-state index in [0.717, 1.165) is 0 Å². The second kappa shape index (κ2) is 7.76. The summed E-state index contributed by atoms with van der Waals surface area (Å²) in [4.78, 5) is 21.1. The Labute approximate surface area is 155 Å². The van der Waals surface area contributed by atoms with Gasteiger partial charge in [0.05, 0.1) is 23.2 Å². The van der Waals surface area contributed by atoms with Gasteiger partial charge in [0.25, 0.3) is 0 Å². The van der Waals surface area contributed by atoms with Gasteiger partial charge in [-0.3, -0.25) is 0 Å². The number of hydrogen-bond acceptors (Lipinski definition) is 4. The molecule has 2 fully saturated rings. The van der Waals surface area contributed by atoms with Crippen molar-refractivity contribution in [3.8, 4) is 0 Å². The predicted molar refractivity (Wildman–Crippen MR) is 82.2 cm³/mol. The van der Waals surface area contributed by atoms with E-state index in [4.69, 9.17) is 4.74 Å². The zero-order valence-electron chi connectivity index (χ0n) is 14.6. The Balaban J connectivity index is 0.000000336. The van der Waals surface area contributed by atoms with Crippen LogP contribution in [0.1, 0.15) is 36.6 Å². The standard InChI is InChI=1S/C12H9F6NO2.C4H7NO2/c1-5-9(21-10(20)19-5)6-2-7(11(13,14)15)4-8(3-6)12(16,17)18;1-3-2-7-4(6)5-3/h2-5,9H,1H3,(H,19,20);3H,2H2,1H3,(H,5,6)/t5-,9-;/m0./s1. The molecule has 0 bridgehead atoms. The van der Waals surface area contributed by atoms with Crippen molar-refractivity contribution < 1.29 is 45.4 Å². The molecule has 0 radical (unpaired) electrons. The van der Waals surface area contributed by atoms with Crippen LogP contribution in [0.2, 0.25) is 0 Å². The molecule has 0 saturated carbocycles. The first-order valence-electron chi connectivity index (χ1n) is 7.97. The number of halogens is 6. The van der Waals surface area contributed by atoms with Crippen LogP contribution < -0.4 is 10.6 Å². The molecule has 2 saturated heterocycles. The number of alkyl halides is 6. The van der Waals surface area contributed by atoms with Crippen molar-refractivity contribution in [1.82, 2.24) is 10.6 Å². The van der Waals surface area contributed by atoms with E-state index >= 15 is 0 Å². The first-order valence-corrected chi connectivity index (χ1v) is 7.97. The highest BCUT2D eigenvalue weighted by Crippen LogP contribution is 2.39. The van der Waals surface area contributed by atoms with E-state index in [1.807, 2.05) is 6.92 Å². The van der Waals surface area contributed by atoms with Gasteiger partial charge in [0.1, 0.15) is 12.7 Å². The number of amides is 2. The molecule has 0 aliphatic carbocycles. The van der Waals surface area contributed by atoms with Crippen LogP contribution in [-0.2, 0) is 21.8 Å². The highest BCUT2D eigenvalue weighted by molar-refractivity contribution is 5.70. The summed E-state index contributed by atoms with van der Waals surface area (Å²) >= 11 is 0. The first kappa shape index (κ1) is 21.6. The lowest BCUT2D eigenvalue weighted by Crippen LogP contribution is -2.24. The van der Waals surface area contributed by atoms with Crippen LogP contribution in [0.15, 0.2) is 18.2 Å². The summed E-state index contributed by atoms with van der Waals surface area (Å²) in [5.74, 6) is 0. The van der Waals surface area contributed by atoms with Crippen molar-refractivity contribution in [2.24, 2.45) is 0 Å². The van der Waals surface area contributed by atoms with Gasteiger partial charge in [-0.15, -0.1) is 0 Å². The van der Waals surface area contributed by atoms with Gasteiger partial charge in [-0.25, -0.2) is 9.59 Å². The van der Waals surface area contributed by atoms with Gasteiger partial charge in [0, 0.05) is 0 Å². The summed E-state index contributed by atoms with van der Waals surface area (Å²) in [6.45, 7) is 3.83. The first-order chi connectivity index (χ1) is 12.8. The Morgan fingerprint density at radius 1 is 0.893 bits per heavy atom. The van der Waals surface area contributed by atoms with Crippen LogP contribution in [0.5, 0.6) is 0 Å². The second-order valence-corrected chi connectivity index (χ2v) is 6.24. The number of alkyl carbamates (subject to hydrolysis) is 2. The molecule has 2 amide bonds. The lowest BCUT2D eigenvalue weighted by Gasteiger charge is -2.18. The molecule has 2 aliphatic heterocycles. The Bertz CT molecular complexity index is 717. The van der Waals surface area contributed by atoms with E-state index in [9.17, 15) is 35.9 Å². The van der Waals surface area contributed by atoms with Crippen LogP contribution in [0.3, 0.4) is 0 Å². The van der Waals surface area contributed by atoms with E-state index < -0.39 is 41.7 Å². The lowest BCUT2D eigenvalue weighted by molar-refractivity contribution is -0.143. The van der Waals surface area contributed by atoms with Crippen molar-refractivity contribution in [2.75, 3.05) is 6.61 Å². The molecule has 1 aromatic carbocycles. The fraction of sp³-hybridized carbons (Fsp3) is 0.500. The minimum absolute atomic E-state index is 0.0262. The molecule has 1 aromatic rings. The zero-order valence-corrected chi connectivity index (χ0v) is 14.6. The molecular weight excluding hydrogens is 398 g/mol. The number of nitrogens with one attached hydrogen (secondary N) is 2. The molecular formula is C16H16F6N2O4. The molecule has 0 aromatic heterocycles. The second-order valence-electron chi connectivity index (χ2n) is 6.24. The smallest absolute Gasteiger partial charge is 0.416 e. The van der Waals surface area contributed by atoms with E-state index in [-0.39, 0.29) is 23.8 Å². The number of ether oxygens (including phenoxy) is 2. The number of hydrogen-bond donors (Lipinski definition) is 2. The Hall–Kier alpha value is -2.66. The van der Waals surface area contributed by atoms with E-state index in [1.54, 1.807) is 0 Å². The summed E-state index contributed by atoms with van der Waals surface area (Å²) in [7, 11) is 0. The van der Waals surface area contributed by atoms with Crippen molar-refractivity contribution in [2.45, 2.75) is 44.4 Å². The maximum atomic E-state index is 12.7. The minimum atomic E-state index is -4.94. The number of rotatable bonds is 1. The van der Waals surface area contributed by atoms with E-state index in [1.165, 1.54) is 6.92 Å². The minimum Gasteiger partial charge on any atom is -0.447 e. The van der Waals surface area contributed by atoms with Crippen molar-refractivity contribution in [3.05, 3.63) is 34.9 Å². The average molecular weight is 414 g/mol. The van der Waals surface area contributed by atoms with Gasteiger partial charge < -0.3 is 20.1 Å². The molecule has 2 aliphatic rings. The summed E-state index contributed by atoms with van der Waals surface area (Å²) in [5.41, 5.74) is -3.24. The third kappa shape index (κ3) is 5.42. The van der Waals surface area contributed by atoms with Crippen LogP contribution in [-0.4, -0.2) is 30.9 Å². The third-order valence-corrected chi connectivity index (χ3v) is 3.80. The van der Waals surface area contributed by atoms with Gasteiger partial charge >= 0.3 is 24.5 Å². The quantitative estimate of drug-likeness (QED) is 0.681. The largest absolute Gasteiger partial charge is 0.447 e. The zero-order chi connectivity index (χ0) is 21.3. The normalized spacial score (nSPS) is 24.5. The number of cyclic esters (lactones) is 2. The maximum Gasteiger partial charge on any atom is 0.416 e. The summed E-state index contributed by atoms with van der Waals surface area (Å²) in [5, 5.41) is 4.81. The van der Waals surface area contributed by atoms with Crippen LogP contribution >= 0.6 is 0 Å². The topological polar surface area (TPSA) is 76.7 Å². The molecule has 12 heteroatoms. The predicted octanol–water partition coefficient (Wildman–Crippen LogP) is 4.01. The SMILES string of the molecule is CC1COC(=O)N1.C[C@@H]1NC(=O)O[C@@H]1c1cc(C(F)(F)F)cc(C(F)(F)F)c1. The highest BCUT2D eigenvalue weighted by atomic mass is 19.4. The Kier molecular flexibility index (Phi) is 6.00. The number of carbonyl (C=O) groups is 2. The van der Waals surface area contributed by atoms with Gasteiger partial charge in [-0.05, 0) is 37.6 Å². The van der Waals surface area contributed by atoms with Crippen LogP contribution in [0.4, 0.5) is 35.9 Å². The van der Waals surface area contributed by atoms with Crippen molar-refractivity contribution in [1.29, 1.82) is 0 Å². The molecule has 156 valence electrons. The molecule has 2 N–H and O–H groups in total. The molecule has 3 atom stereocenters. The van der Waals surface area contributed by atoms with Crippen molar-refractivity contribution >= 4 is 12.2 Å². The third-order valence-electron chi connectivity index (χ3n) is 3.80. The number of carbonyl (C=O) groups excluding carboxylic acids is 2. The fourth-order valence-electron chi connectivity index (χ4n) is 2.50. The summed E-state index contributed by atoms with van der Waals surface area (Å²) in [6.07, 6.45) is -12.3. The van der Waals surface area contributed by atoms with Crippen molar-refractivity contribution in [3.63, 3.8) is 0 Å². The number of benzene rings is 1.